The van der Waals surface area contributed by atoms with E-state index in [1.165, 1.54) is 0 Å². The molecule has 0 fully saturated rings. The van der Waals surface area contributed by atoms with Crippen LogP contribution in [0, 0.1) is 0 Å². The molecule has 1 heterocycles. The zero-order chi connectivity index (χ0) is 14.7. The Hall–Kier alpha value is -2.04. The van der Waals surface area contributed by atoms with E-state index in [0.717, 1.165) is 32.1 Å². The summed E-state index contributed by atoms with van der Waals surface area (Å²) in [6.45, 7) is 0.502. The third-order valence-electron chi connectivity index (χ3n) is 3.28. The number of methoxy groups -OCH3 is 1. The van der Waals surface area contributed by atoms with Gasteiger partial charge in [0.2, 0.25) is 0 Å². The fourth-order valence-electron chi connectivity index (χ4n) is 2.26. The zero-order valence-corrected chi connectivity index (χ0v) is 12.6. The maximum Gasteiger partial charge on any atom is 0.132 e. The van der Waals surface area contributed by atoms with Crippen LogP contribution < -0.4 is 10.5 Å². The molecule has 0 aliphatic carbocycles. The van der Waals surface area contributed by atoms with E-state index in [1.54, 1.807) is 18.9 Å². The number of pyridine rings is 1. The van der Waals surface area contributed by atoms with Crippen molar-refractivity contribution in [3.8, 4) is 5.75 Å². The Labute approximate surface area is 128 Å². The smallest absolute Gasteiger partial charge is 0.132 e. The minimum atomic E-state index is 0.502. The molecule has 0 saturated heterocycles. The van der Waals surface area contributed by atoms with Crippen molar-refractivity contribution in [2.45, 2.75) is 16.5 Å². The second-order valence-corrected chi connectivity index (χ2v) is 5.66. The highest BCUT2D eigenvalue weighted by atomic mass is 32.2. The highest BCUT2D eigenvalue weighted by Crippen LogP contribution is 2.35. The molecule has 3 aromatic rings. The fourth-order valence-corrected chi connectivity index (χ4v) is 3.23. The van der Waals surface area contributed by atoms with Gasteiger partial charge in [0.25, 0.3) is 0 Å². The molecular weight excluding hydrogens is 280 g/mol. The first kappa shape index (κ1) is 13.9. The summed E-state index contributed by atoms with van der Waals surface area (Å²) >= 11 is 1.59. The van der Waals surface area contributed by atoms with Gasteiger partial charge in [-0.05, 0) is 29.8 Å². The molecule has 0 bridgehead atoms. The molecule has 0 amide bonds. The summed E-state index contributed by atoms with van der Waals surface area (Å²) in [5.74, 6) is 0.853. The van der Waals surface area contributed by atoms with E-state index in [9.17, 15) is 0 Å². The zero-order valence-electron chi connectivity index (χ0n) is 11.7. The Morgan fingerprint density at radius 2 is 1.86 bits per heavy atom. The number of para-hydroxylation sites is 2. The Bertz CT molecular complexity index is 774. The van der Waals surface area contributed by atoms with Crippen LogP contribution in [-0.4, -0.2) is 12.1 Å². The molecule has 0 aliphatic rings. The topological polar surface area (TPSA) is 48.1 Å². The van der Waals surface area contributed by atoms with Crippen LogP contribution in [0.3, 0.4) is 0 Å². The molecule has 4 heteroatoms. The van der Waals surface area contributed by atoms with Gasteiger partial charge in [0.1, 0.15) is 10.8 Å². The number of nitrogens with zero attached hydrogens (tertiary/aromatic N) is 1. The SMILES string of the molecule is COc1ccccc1Sc1cc(CN)c2ccccc2n1. The predicted molar refractivity (Wildman–Crippen MR) is 86.8 cm³/mol. The van der Waals surface area contributed by atoms with Gasteiger partial charge in [-0.15, -0.1) is 0 Å². The van der Waals surface area contributed by atoms with Crippen LogP contribution in [-0.2, 0) is 6.54 Å². The minimum absolute atomic E-state index is 0.502. The lowest BCUT2D eigenvalue weighted by Crippen LogP contribution is -1.99. The van der Waals surface area contributed by atoms with E-state index < -0.39 is 0 Å². The monoisotopic (exact) mass is 296 g/mol. The lowest BCUT2D eigenvalue weighted by molar-refractivity contribution is 0.405. The fraction of sp³-hybridized carbons (Fsp3) is 0.118. The second kappa shape index (κ2) is 6.16. The molecule has 0 spiro atoms. The maximum atomic E-state index is 5.87. The lowest BCUT2D eigenvalue weighted by Gasteiger charge is -2.10. The second-order valence-electron chi connectivity index (χ2n) is 4.59. The maximum absolute atomic E-state index is 5.87. The predicted octanol–water partition coefficient (Wildman–Crippen LogP) is 3.85. The molecule has 0 aliphatic heterocycles. The van der Waals surface area contributed by atoms with Crippen molar-refractivity contribution in [1.29, 1.82) is 0 Å². The molecule has 2 N–H and O–H groups in total. The van der Waals surface area contributed by atoms with Crippen LogP contribution in [0.1, 0.15) is 5.56 Å². The molecular formula is C17H16N2OS. The summed E-state index contributed by atoms with van der Waals surface area (Å²) in [4.78, 5) is 5.75. The van der Waals surface area contributed by atoms with E-state index in [2.05, 4.69) is 12.1 Å². The Kier molecular flexibility index (Phi) is 4.08. The number of nitrogens with two attached hydrogens (primary N) is 1. The Morgan fingerprint density at radius 1 is 1.10 bits per heavy atom. The molecule has 106 valence electrons. The number of fused-ring (bicyclic) bond motifs is 1. The quantitative estimate of drug-likeness (QED) is 0.794. The summed E-state index contributed by atoms with van der Waals surface area (Å²) < 4.78 is 5.39. The molecule has 0 radical (unpaired) electrons. The highest BCUT2D eigenvalue weighted by molar-refractivity contribution is 7.99. The van der Waals surface area contributed by atoms with Crippen LogP contribution in [0.4, 0.5) is 0 Å². The number of rotatable bonds is 4. The summed E-state index contributed by atoms with van der Waals surface area (Å²) in [5.41, 5.74) is 7.95. The van der Waals surface area contributed by atoms with E-state index in [-0.39, 0.29) is 0 Å². The van der Waals surface area contributed by atoms with Crippen molar-refractivity contribution in [3.63, 3.8) is 0 Å². The van der Waals surface area contributed by atoms with Crippen molar-refractivity contribution in [3.05, 3.63) is 60.2 Å². The van der Waals surface area contributed by atoms with Crippen molar-refractivity contribution >= 4 is 22.7 Å². The molecule has 3 nitrogen and oxygen atoms in total. The molecule has 21 heavy (non-hydrogen) atoms. The number of ether oxygens (including phenoxy) is 1. The first-order valence-corrected chi connectivity index (χ1v) is 7.53. The van der Waals surface area contributed by atoms with E-state index in [0.29, 0.717) is 6.54 Å². The van der Waals surface area contributed by atoms with Gasteiger partial charge in [-0.3, -0.25) is 0 Å². The van der Waals surface area contributed by atoms with Crippen LogP contribution in [0.5, 0.6) is 5.75 Å². The van der Waals surface area contributed by atoms with Crippen LogP contribution in [0.15, 0.2) is 64.5 Å². The van der Waals surface area contributed by atoms with Gasteiger partial charge < -0.3 is 10.5 Å². The van der Waals surface area contributed by atoms with Gasteiger partial charge in [0.15, 0.2) is 0 Å². The third-order valence-corrected chi connectivity index (χ3v) is 4.26. The van der Waals surface area contributed by atoms with Crippen LogP contribution >= 0.6 is 11.8 Å². The molecule has 0 unspecified atom stereocenters. The average Bonchev–Trinajstić information content (AvgIpc) is 2.54. The molecule has 0 atom stereocenters. The van der Waals surface area contributed by atoms with Gasteiger partial charge >= 0.3 is 0 Å². The summed E-state index contributed by atoms with van der Waals surface area (Å²) in [5, 5.41) is 2.04. The molecule has 3 rings (SSSR count). The standard InChI is InChI=1S/C17H16N2OS/c1-20-15-8-4-5-9-16(15)21-17-10-12(11-18)13-6-2-3-7-14(13)19-17/h2-10H,11,18H2,1H3. The normalized spacial score (nSPS) is 10.8. The minimum Gasteiger partial charge on any atom is -0.496 e. The largest absolute Gasteiger partial charge is 0.496 e. The summed E-state index contributed by atoms with van der Waals surface area (Å²) in [6.07, 6.45) is 0. The summed E-state index contributed by atoms with van der Waals surface area (Å²) in [7, 11) is 1.68. The van der Waals surface area contributed by atoms with E-state index >= 15 is 0 Å². The van der Waals surface area contributed by atoms with Gasteiger partial charge in [-0.25, -0.2) is 4.98 Å². The molecule has 2 aromatic carbocycles. The first-order chi connectivity index (χ1) is 10.3. The van der Waals surface area contributed by atoms with Crippen molar-refractivity contribution < 1.29 is 4.74 Å². The lowest BCUT2D eigenvalue weighted by atomic mass is 10.1. The highest BCUT2D eigenvalue weighted by Gasteiger charge is 2.08. The average molecular weight is 296 g/mol. The number of aromatic nitrogens is 1. The van der Waals surface area contributed by atoms with Gasteiger partial charge in [0.05, 0.1) is 17.5 Å². The molecule has 0 saturated carbocycles. The van der Waals surface area contributed by atoms with Crippen molar-refractivity contribution in [2.24, 2.45) is 5.73 Å². The van der Waals surface area contributed by atoms with E-state index in [4.69, 9.17) is 15.5 Å². The molecule has 1 aromatic heterocycles. The van der Waals surface area contributed by atoms with Gasteiger partial charge in [-0.1, -0.05) is 42.1 Å². The van der Waals surface area contributed by atoms with E-state index in [1.807, 2.05) is 42.5 Å². The van der Waals surface area contributed by atoms with Crippen LogP contribution in [0.2, 0.25) is 0 Å². The number of hydrogen-bond acceptors (Lipinski definition) is 4. The first-order valence-electron chi connectivity index (χ1n) is 6.71. The third kappa shape index (κ3) is 2.86. The van der Waals surface area contributed by atoms with Crippen molar-refractivity contribution in [1.82, 2.24) is 4.98 Å². The Balaban J connectivity index is 2.05. The van der Waals surface area contributed by atoms with Crippen LogP contribution in [0.25, 0.3) is 10.9 Å². The van der Waals surface area contributed by atoms with Crippen molar-refractivity contribution in [2.75, 3.05) is 7.11 Å². The van der Waals surface area contributed by atoms with Gasteiger partial charge in [0, 0.05) is 11.9 Å². The Morgan fingerprint density at radius 3 is 2.67 bits per heavy atom. The number of hydrogen-bond donors (Lipinski definition) is 1. The van der Waals surface area contributed by atoms with Gasteiger partial charge in [-0.2, -0.15) is 0 Å². The summed E-state index contributed by atoms with van der Waals surface area (Å²) in [6, 6.07) is 18.1. The number of benzene rings is 2.